The van der Waals surface area contributed by atoms with Crippen molar-refractivity contribution >= 4 is 28.8 Å². The van der Waals surface area contributed by atoms with Crippen LogP contribution in [0.1, 0.15) is 28.4 Å². The molecule has 0 radical (unpaired) electrons. The van der Waals surface area contributed by atoms with Gasteiger partial charge in [0.25, 0.3) is 0 Å². The second-order valence-electron chi connectivity index (χ2n) is 6.55. The van der Waals surface area contributed by atoms with Gasteiger partial charge in [-0.3, -0.25) is 9.59 Å². The molecule has 27 heavy (non-hydrogen) atoms. The predicted octanol–water partition coefficient (Wildman–Crippen LogP) is 5.12. The van der Waals surface area contributed by atoms with E-state index < -0.39 is 0 Å². The van der Waals surface area contributed by atoms with E-state index in [0.717, 1.165) is 22.6 Å². The first-order chi connectivity index (χ1) is 13.0. The van der Waals surface area contributed by atoms with Crippen LogP contribution in [0.3, 0.4) is 0 Å². The highest BCUT2D eigenvalue weighted by Crippen LogP contribution is 2.20. The molecule has 0 bridgehead atoms. The molecule has 3 aromatic rings. The van der Waals surface area contributed by atoms with Crippen molar-refractivity contribution in [3.63, 3.8) is 0 Å². The van der Waals surface area contributed by atoms with Gasteiger partial charge in [0.1, 0.15) is 0 Å². The van der Waals surface area contributed by atoms with Gasteiger partial charge in [0, 0.05) is 22.6 Å². The molecule has 0 fully saturated rings. The first-order valence-corrected chi connectivity index (χ1v) is 8.83. The van der Waals surface area contributed by atoms with E-state index in [4.69, 9.17) is 0 Å². The Morgan fingerprint density at radius 1 is 0.815 bits per heavy atom. The first kappa shape index (κ1) is 18.4. The van der Waals surface area contributed by atoms with Gasteiger partial charge >= 0.3 is 0 Å². The number of rotatable bonds is 6. The topological polar surface area (TPSA) is 58.2 Å². The largest absolute Gasteiger partial charge is 0.356 e. The Hall–Kier alpha value is -3.40. The quantitative estimate of drug-likeness (QED) is 0.601. The van der Waals surface area contributed by atoms with Gasteiger partial charge in [-0.15, -0.1) is 0 Å². The zero-order valence-corrected chi connectivity index (χ0v) is 15.5. The average molecular weight is 358 g/mol. The summed E-state index contributed by atoms with van der Waals surface area (Å²) in [4.78, 5) is 23.7. The predicted molar refractivity (Wildman–Crippen MR) is 110 cm³/mol. The lowest BCUT2D eigenvalue weighted by atomic mass is 10.1. The van der Waals surface area contributed by atoms with Crippen molar-refractivity contribution in [2.24, 2.45) is 0 Å². The van der Waals surface area contributed by atoms with Gasteiger partial charge in [0.2, 0.25) is 5.91 Å². The van der Waals surface area contributed by atoms with Gasteiger partial charge in [-0.05, 0) is 55.8 Å². The molecule has 0 saturated heterocycles. The highest BCUT2D eigenvalue weighted by atomic mass is 16.1. The van der Waals surface area contributed by atoms with Crippen molar-refractivity contribution < 1.29 is 9.59 Å². The van der Waals surface area contributed by atoms with Crippen LogP contribution in [0.2, 0.25) is 0 Å². The summed E-state index contributed by atoms with van der Waals surface area (Å²) in [7, 11) is 0. The number of nitrogens with one attached hydrogen (secondary N) is 2. The molecular formula is C23H22N2O2. The van der Waals surface area contributed by atoms with Crippen LogP contribution >= 0.6 is 0 Å². The van der Waals surface area contributed by atoms with Crippen molar-refractivity contribution in [2.75, 3.05) is 10.6 Å². The lowest BCUT2D eigenvalue weighted by molar-refractivity contribution is -0.115. The van der Waals surface area contributed by atoms with Crippen LogP contribution < -0.4 is 10.6 Å². The van der Waals surface area contributed by atoms with E-state index in [2.05, 4.69) is 10.6 Å². The summed E-state index contributed by atoms with van der Waals surface area (Å²) in [5.74, 6) is -0.0148. The summed E-state index contributed by atoms with van der Waals surface area (Å²) in [5, 5.41) is 6.17. The van der Waals surface area contributed by atoms with Crippen LogP contribution in [0.4, 0.5) is 17.1 Å². The zero-order valence-electron chi connectivity index (χ0n) is 15.5. The summed E-state index contributed by atoms with van der Waals surface area (Å²) in [6.07, 6.45) is 0.345. The number of carbonyl (C=O) groups excluding carboxylic acids is 2. The Labute approximate surface area is 159 Å². The molecule has 3 rings (SSSR count). The summed E-state index contributed by atoms with van der Waals surface area (Å²) >= 11 is 0. The number of Topliss-reactive ketones (excluding diaryl/α,β-unsaturated/α-hetero) is 1. The van der Waals surface area contributed by atoms with Crippen molar-refractivity contribution in [3.05, 3.63) is 89.5 Å². The summed E-state index contributed by atoms with van der Waals surface area (Å²) in [6, 6.07) is 22.8. The minimum absolute atomic E-state index is 0.0327. The third-order valence-corrected chi connectivity index (χ3v) is 4.21. The fourth-order valence-electron chi connectivity index (χ4n) is 2.72. The van der Waals surface area contributed by atoms with Crippen LogP contribution in [0.15, 0.2) is 72.8 Å². The molecule has 0 aliphatic heterocycles. The summed E-state index contributed by atoms with van der Waals surface area (Å²) in [6.45, 7) is 3.57. The molecular weight excluding hydrogens is 336 g/mol. The fraction of sp³-hybridized carbons (Fsp3) is 0.130. The van der Waals surface area contributed by atoms with Crippen molar-refractivity contribution in [1.82, 2.24) is 0 Å². The molecule has 4 heteroatoms. The Morgan fingerprint density at radius 3 is 2.15 bits per heavy atom. The minimum atomic E-state index is -0.0475. The maximum atomic E-state index is 12.2. The Bertz CT molecular complexity index is 945. The first-order valence-electron chi connectivity index (χ1n) is 8.83. The van der Waals surface area contributed by atoms with Crippen LogP contribution in [0.25, 0.3) is 0 Å². The summed E-state index contributed by atoms with van der Waals surface area (Å²) in [5.41, 5.74) is 5.30. The highest BCUT2D eigenvalue weighted by molar-refractivity contribution is 5.95. The molecule has 3 aromatic carbocycles. The van der Waals surface area contributed by atoms with E-state index in [-0.39, 0.29) is 11.7 Å². The van der Waals surface area contributed by atoms with Gasteiger partial charge in [-0.25, -0.2) is 0 Å². The molecule has 2 N–H and O–H groups in total. The Morgan fingerprint density at radius 2 is 1.48 bits per heavy atom. The maximum Gasteiger partial charge on any atom is 0.228 e. The molecule has 0 unspecified atom stereocenters. The van der Waals surface area contributed by atoms with E-state index in [1.807, 2.05) is 73.7 Å². The van der Waals surface area contributed by atoms with Crippen LogP contribution in [0.5, 0.6) is 0 Å². The van der Waals surface area contributed by atoms with Gasteiger partial charge in [0.15, 0.2) is 5.78 Å². The van der Waals surface area contributed by atoms with Crippen LogP contribution in [-0.4, -0.2) is 11.7 Å². The Kier molecular flexibility index (Phi) is 5.67. The SMILES string of the molecule is CC(=O)c1cccc(Nc2ccc(NC(=O)Cc3ccc(C)cc3)cc2)c1. The van der Waals surface area contributed by atoms with Gasteiger partial charge in [0.05, 0.1) is 6.42 Å². The standard InChI is InChI=1S/C23H22N2O2/c1-16-6-8-18(9-7-16)14-23(27)25-21-12-10-20(11-13-21)24-22-5-3-4-19(15-22)17(2)26/h3-13,15,24H,14H2,1-2H3,(H,25,27). The van der Waals surface area contributed by atoms with Crippen LogP contribution in [0, 0.1) is 6.92 Å². The van der Waals surface area contributed by atoms with E-state index in [1.165, 1.54) is 5.56 Å². The van der Waals surface area contributed by atoms with E-state index in [9.17, 15) is 9.59 Å². The van der Waals surface area contributed by atoms with Gasteiger partial charge in [-0.2, -0.15) is 0 Å². The molecule has 0 saturated carbocycles. The molecule has 1 amide bonds. The molecule has 136 valence electrons. The molecule has 0 atom stereocenters. The maximum absolute atomic E-state index is 12.2. The normalized spacial score (nSPS) is 10.3. The summed E-state index contributed by atoms with van der Waals surface area (Å²) < 4.78 is 0. The minimum Gasteiger partial charge on any atom is -0.356 e. The number of hydrogen-bond acceptors (Lipinski definition) is 3. The van der Waals surface area contributed by atoms with E-state index in [0.29, 0.717) is 12.0 Å². The lowest BCUT2D eigenvalue weighted by Crippen LogP contribution is -2.14. The lowest BCUT2D eigenvalue weighted by Gasteiger charge is -2.10. The molecule has 0 aromatic heterocycles. The number of benzene rings is 3. The number of aryl methyl sites for hydroxylation is 1. The molecule has 0 aliphatic rings. The number of amides is 1. The third-order valence-electron chi connectivity index (χ3n) is 4.21. The smallest absolute Gasteiger partial charge is 0.228 e. The van der Waals surface area contributed by atoms with E-state index in [1.54, 1.807) is 13.0 Å². The second kappa shape index (κ2) is 8.32. The Balaban J connectivity index is 1.60. The van der Waals surface area contributed by atoms with Gasteiger partial charge < -0.3 is 10.6 Å². The number of ketones is 1. The molecule has 0 heterocycles. The number of carbonyl (C=O) groups is 2. The monoisotopic (exact) mass is 358 g/mol. The zero-order chi connectivity index (χ0) is 19.2. The van der Waals surface area contributed by atoms with E-state index >= 15 is 0 Å². The molecule has 0 aliphatic carbocycles. The highest BCUT2D eigenvalue weighted by Gasteiger charge is 2.05. The second-order valence-corrected chi connectivity index (χ2v) is 6.55. The number of anilines is 3. The van der Waals surface area contributed by atoms with Crippen molar-refractivity contribution in [3.8, 4) is 0 Å². The number of hydrogen-bond donors (Lipinski definition) is 2. The van der Waals surface area contributed by atoms with Crippen molar-refractivity contribution in [2.45, 2.75) is 20.3 Å². The third kappa shape index (κ3) is 5.28. The van der Waals surface area contributed by atoms with Crippen molar-refractivity contribution in [1.29, 1.82) is 0 Å². The van der Waals surface area contributed by atoms with Gasteiger partial charge in [-0.1, -0.05) is 42.0 Å². The van der Waals surface area contributed by atoms with Crippen LogP contribution in [-0.2, 0) is 11.2 Å². The fourth-order valence-corrected chi connectivity index (χ4v) is 2.72. The molecule has 0 spiro atoms. The average Bonchev–Trinajstić information content (AvgIpc) is 2.65. The molecule has 4 nitrogen and oxygen atoms in total.